The van der Waals surface area contributed by atoms with Crippen molar-refractivity contribution >= 4 is 33.3 Å². The van der Waals surface area contributed by atoms with Crippen molar-refractivity contribution in [1.29, 1.82) is 0 Å². The number of nitrogens with zero attached hydrogens (tertiary/aromatic N) is 2. The van der Waals surface area contributed by atoms with E-state index in [1.54, 1.807) is 14.0 Å². The van der Waals surface area contributed by atoms with Crippen LogP contribution in [-0.4, -0.2) is 80.4 Å². The Balaban J connectivity index is 1.93. The maximum absolute atomic E-state index is 13.4. The van der Waals surface area contributed by atoms with Crippen molar-refractivity contribution in [1.82, 2.24) is 9.80 Å². The minimum absolute atomic E-state index is 0.0481. The zero-order chi connectivity index (χ0) is 26.6. The number of rotatable bonds is 7. The van der Waals surface area contributed by atoms with E-state index in [1.165, 1.54) is 52.3 Å². The number of ether oxygens (including phenoxy) is 1. The Morgan fingerprint density at radius 2 is 1.94 bits per heavy atom. The fourth-order valence-corrected chi connectivity index (χ4v) is 4.41. The monoisotopic (exact) mass is 522 g/mol. The molecule has 0 spiro atoms. The first kappa shape index (κ1) is 27.2. The zero-order valence-corrected chi connectivity index (χ0v) is 21.4. The highest BCUT2D eigenvalue weighted by Crippen LogP contribution is 2.35. The van der Waals surface area contributed by atoms with Gasteiger partial charge in [0.15, 0.2) is 5.75 Å². The van der Waals surface area contributed by atoms with Gasteiger partial charge >= 0.3 is 6.03 Å². The molecule has 196 valence electrons. The Bertz CT molecular complexity index is 1210. The van der Waals surface area contributed by atoms with Gasteiger partial charge in [-0.15, -0.1) is 0 Å². The molecule has 36 heavy (non-hydrogen) atoms. The second kappa shape index (κ2) is 11.1. The standard InChI is InChI=1S/C24H31FN4O6S/c1-15-12-29(16(2)14-30)23(31)19-6-5-7-20(27-36(4,33)34)22(19)35-21(15)13-28(3)24(32)26-18-10-8-17(25)9-11-18/h5-11,15-16,21,27,30H,12-14H2,1-4H3,(H,26,32)/t15-,16+,21+/m1/s1. The molecule has 10 nitrogen and oxygen atoms in total. The summed E-state index contributed by atoms with van der Waals surface area (Å²) in [7, 11) is -2.12. The molecule has 1 aliphatic heterocycles. The number of anilines is 2. The van der Waals surface area contributed by atoms with Gasteiger partial charge in [0.25, 0.3) is 5.91 Å². The van der Waals surface area contributed by atoms with E-state index in [4.69, 9.17) is 4.74 Å². The van der Waals surface area contributed by atoms with Crippen LogP contribution < -0.4 is 14.8 Å². The normalized spacial score (nSPS) is 18.8. The van der Waals surface area contributed by atoms with Crippen LogP contribution in [0.25, 0.3) is 0 Å². The predicted octanol–water partition coefficient (Wildman–Crippen LogP) is 2.58. The number of aliphatic hydroxyl groups is 1. The first-order chi connectivity index (χ1) is 16.9. The Morgan fingerprint density at radius 3 is 2.56 bits per heavy atom. The summed E-state index contributed by atoms with van der Waals surface area (Å²) >= 11 is 0. The summed E-state index contributed by atoms with van der Waals surface area (Å²) in [6.07, 6.45) is 0.349. The summed E-state index contributed by atoms with van der Waals surface area (Å²) in [5.74, 6) is -1.08. The molecule has 3 rings (SSSR count). The van der Waals surface area contributed by atoms with E-state index in [9.17, 15) is 27.5 Å². The highest BCUT2D eigenvalue weighted by molar-refractivity contribution is 7.92. The van der Waals surface area contributed by atoms with Crippen LogP contribution in [0.15, 0.2) is 42.5 Å². The maximum Gasteiger partial charge on any atom is 0.321 e. The molecular formula is C24H31FN4O6S. The third kappa shape index (κ3) is 6.64. The number of hydrogen-bond acceptors (Lipinski definition) is 6. The van der Waals surface area contributed by atoms with Crippen molar-refractivity contribution in [3.8, 4) is 5.75 Å². The van der Waals surface area contributed by atoms with E-state index < -0.39 is 39.9 Å². The number of nitrogens with one attached hydrogen (secondary N) is 2. The lowest BCUT2D eigenvalue weighted by atomic mass is 9.99. The molecule has 2 aromatic carbocycles. The van der Waals surface area contributed by atoms with E-state index in [2.05, 4.69) is 10.0 Å². The van der Waals surface area contributed by atoms with Crippen molar-refractivity contribution in [2.45, 2.75) is 26.0 Å². The van der Waals surface area contributed by atoms with E-state index in [0.29, 0.717) is 5.69 Å². The molecule has 0 aliphatic carbocycles. The molecule has 0 fully saturated rings. The van der Waals surface area contributed by atoms with Crippen molar-refractivity contribution in [2.24, 2.45) is 5.92 Å². The number of likely N-dealkylation sites (N-methyl/N-ethyl adjacent to an activating group) is 1. The highest BCUT2D eigenvalue weighted by atomic mass is 32.2. The quantitative estimate of drug-likeness (QED) is 0.513. The molecule has 0 unspecified atom stereocenters. The number of para-hydroxylation sites is 1. The summed E-state index contributed by atoms with van der Waals surface area (Å²) in [5, 5.41) is 12.4. The van der Waals surface area contributed by atoms with Crippen LogP contribution in [-0.2, 0) is 10.0 Å². The van der Waals surface area contributed by atoms with Gasteiger partial charge in [-0.25, -0.2) is 17.6 Å². The second-order valence-electron chi connectivity index (χ2n) is 9.00. The first-order valence-electron chi connectivity index (χ1n) is 11.4. The van der Waals surface area contributed by atoms with Gasteiger partial charge in [-0.1, -0.05) is 13.0 Å². The zero-order valence-electron chi connectivity index (χ0n) is 20.6. The number of fused-ring (bicyclic) bond motifs is 1. The van der Waals surface area contributed by atoms with Crippen LogP contribution in [0.4, 0.5) is 20.6 Å². The molecule has 0 aromatic heterocycles. The Labute approximate surface area is 210 Å². The van der Waals surface area contributed by atoms with Gasteiger partial charge in [-0.3, -0.25) is 9.52 Å². The van der Waals surface area contributed by atoms with Crippen LogP contribution in [0.3, 0.4) is 0 Å². The fourth-order valence-electron chi connectivity index (χ4n) is 3.85. The SMILES string of the molecule is C[C@@H]1CN([C@@H](C)CO)C(=O)c2cccc(NS(C)(=O)=O)c2O[C@H]1CN(C)C(=O)Nc1ccc(F)cc1. The number of benzene rings is 2. The Morgan fingerprint density at radius 1 is 1.28 bits per heavy atom. The van der Waals surface area contributed by atoms with Crippen LogP contribution >= 0.6 is 0 Å². The van der Waals surface area contributed by atoms with E-state index >= 15 is 0 Å². The number of aliphatic hydroxyl groups excluding tert-OH is 1. The average Bonchev–Trinajstić information content (AvgIpc) is 2.81. The summed E-state index contributed by atoms with van der Waals surface area (Å²) in [6, 6.07) is 8.94. The molecule has 3 amide bonds. The van der Waals surface area contributed by atoms with Gasteiger partial charge in [0.1, 0.15) is 11.9 Å². The van der Waals surface area contributed by atoms with Crippen molar-refractivity contribution in [3.05, 3.63) is 53.8 Å². The molecule has 0 saturated carbocycles. The first-order valence-corrected chi connectivity index (χ1v) is 13.3. The topological polar surface area (TPSA) is 128 Å². The maximum atomic E-state index is 13.4. The lowest BCUT2D eigenvalue weighted by Gasteiger charge is -2.38. The second-order valence-corrected chi connectivity index (χ2v) is 10.7. The highest BCUT2D eigenvalue weighted by Gasteiger charge is 2.35. The van der Waals surface area contributed by atoms with Crippen LogP contribution in [0, 0.1) is 11.7 Å². The van der Waals surface area contributed by atoms with Gasteiger partial charge in [0.05, 0.1) is 36.7 Å². The van der Waals surface area contributed by atoms with E-state index in [0.717, 1.165) is 6.26 Å². The van der Waals surface area contributed by atoms with Crippen molar-refractivity contribution in [2.75, 3.05) is 43.0 Å². The molecule has 1 heterocycles. The number of sulfonamides is 1. The van der Waals surface area contributed by atoms with Crippen molar-refractivity contribution in [3.63, 3.8) is 0 Å². The van der Waals surface area contributed by atoms with Crippen molar-refractivity contribution < 1.29 is 32.2 Å². The predicted molar refractivity (Wildman–Crippen MR) is 134 cm³/mol. The molecule has 3 N–H and O–H groups in total. The lowest BCUT2D eigenvalue weighted by molar-refractivity contribution is 0.0373. The molecule has 0 saturated heterocycles. The summed E-state index contributed by atoms with van der Waals surface area (Å²) < 4.78 is 45.7. The third-order valence-electron chi connectivity index (χ3n) is 5.88. The molecular weight excluding hydrogens is 491 g/mol. The molecule has 2 aromatic rings. The Kier molecular flexibility index (Phi) is 8.41. The van der Waals surface area contributed by atoms with Gasteiger partial charge < -0.3 is 25.0 Å². The fraction of sp³-hybridized carbons (Fsp3) is 0.417. The molecule has 1 aliphatic rings. The van der Waals surface area contributed by atoms with Crippen LogP contribution in [0.5, 0.6) is 5.75 Å². The molecule has 0 bridgehead atoms. The summed E-state index contributed by atoms with van der Waals surface area (Å²) in [6.45, 7) is 3.62. The number of halogens is 1. The van der Waals surface area contributed by atoms with E-state index in [-0.39, 0.29) is 42.6 Å². The van der Waals surface area contributed by atoms with E-state index in [1.807, 2.05) is 6.92 Å². The summed E-state index contributed by atoms with van der Waals surface area (Å²) in [5.41, 5.74) is 0.648. The van der Waals surface area contributed by atoms with Gasteiger partial charge in [-0.05, 0) is 43.3 Å². The average molecular weight is 523 g/mol. The minimum atomic E-state index is -3.68. The van der Waals surface area contributed by atoms with Crippen LogP contribution in [0.2, 0.25) is 0 Å². The number of carbonyl (C=O) groups excluding carboxylic acids is 2. The lowest BCUT2D eigenvalue weighted by Crippen LogP contribution is -2.50. The molecule has 12 heteroatoms. The largest absolute Gasteiger partial charge is 0.485 e. The number of carbonyl (C=O) groups is 2. The summed E-state index contributed by atoms with van der Waals surface area (Å²) in [4.78, 5) is 29.1. The molecule has 3 atom stereocenters. The number of urea groups is 1. The number of hydrogen-bond donors (Lipinski definition) is 3. The Hall–Kier alpha value is -3.38. The van der Waals surface area contributed by atoms with Crippen LogP contribution in [0.1, 0.15) is 24.2 Å². The number of amides is 3. The molecule has 0 radical (unpaired) electrons. The smallest absolute Gasteiger partial charge is 0.321 e. The van der Waals surface area contributed by atoms with Gasteiger partial charge in [0, 0.05) is 25.2 Å². The van der Waals surface area contributed by atoms with Gasteiger partial charge in [0.2, 0.25) is 10.0 Å². The van der Waals surface area contributed by atoms with Gasteiger partial charge in [-0.2, -0.15) is 0 Å². The minimum Gasteiger partial charge on any atom is -0.485 e. The third-order valence-corrected chi connectivity index (χ3v) is 6.47.